The summed E-state index contributed by atoms with van der Waals surface area (Å²) in [4.78, 5) is 6.93. The molecule has 1 N–H and O–H groups in total. The monoisotopic (exact) mass is 380 g/mol. The van der Waals surface area contributed by atoms with Gasteiger partial charge in [-0.05, 0) is 35.9 Å². The minimum absolute atomic E-state index is 0.182. The number of ether oxygens (including phenoxy) is 1. The van der Waals surface area contributed by atoms with Crippen molar-refractivity contribution in [1.82, 2.24) is 9.97 Å². The average molecular weight is 382 g/mol. The van der Waals surface area contributed by atoms with Crippen molar-refractivity contribution in [3.8, 4) is 11.5 Å². The highest BCUT2D eigenvalue weighted by Gasteiger charge is 2.17. The number of hydrogen-bond acceptors (Lipinski definition) is 2. The Morgan fingerprint density at radius 2 is 1.67 bits per heavy atom. The lowest BCUT2D eigenvalue weighted by atomic mass is 10.3. The molecule has 0 unspecified atom stereocenters. The number of aromatic nitrogens is 2. The molecule has 108 valence electrons. The van der Waals surface area contributed by atoms with Gasteiger partial charge in [0, 0.05) is 5.02 Å². The summed E-state index contributed by atoms with van der Waals surface area (Å²) in [5, 5.41) is 1.71. The Bertz CT molecular complexity index is 846. The van der Waals surface area contributed by atoms with E-state index in [0.29, 0.717) is 42.6 Å². The van der Waals surface area contributed by atoms with E-state index >= 15 is 0 Å². The van der Waals surface area contributed by atoms with E-state index in [1.165, 1.54) is 6.07 Å². The molecule has 0 amide bonds. The highest BCUT2D eigenvalue weighted by molar-refractivity contribution is 6.40. The number of rotatable bonds is 2. The molecule has 3 rings (SSSR count). The zero-order valence-corrected chi connectivity index (χ0v) is 13.8. The second-order valence-corrected chi connectivity index (χ2v) is 6.11. The van der Waals surface area contributed by atoms with E-state index < -0.39 is 0 Å². The molecule has 2 aromatic carbocycles. The van der Waals surface area contributed by atoms with Crippen molar-refractivity contribution in [3.63, 3.8) is 0 Å². The molecule has 8 heteroatoms. The second kappa shape index (κ2) is 5.75. The minimum atomic E-state index is 0.182. The summed E-state index contributed by atoms with van der Waals surface area (Å²) in [6.45, 7) is 0. The number of nitrogens with zero attached hydrogens (tertiary/aromatic N) is 1. The smallest absolute Gasteiger partial charge is 0.201 e. The van der Waals surface area contributed by atoms with Crippen LogP contribution >= 0.6 is 58.0 Å². The molecule has 0 saturated carbocycles. The Balaban J connectivity index is 2.16. The Morgan fingerprint density at radius 1 is 0.905 bits per heavy atom. The molecule has 0 saturated heterocycles. The van der Waals surface area contributed by atoms with E-state index in [0.717, 1.165) is 0 Å². The van der Waals surface area contributed by atoms with Crippen molar-refractivity contribution < 1.29 is 4.74 Å². The average Bonchev–Trinajstić information content (AvgIpc) is 2.79. The summed E-state index contributed by atoms with van der Waals surface area (Å²) < 4.78 is 5.77. The normalized spacial score (nSPS) is 11.1. The van der Waals surface area contributed by atoms with Crippen LogP contribution in [0.2, 0.25) is 25.4 Å². The topological polar surface area (TPSA) is 37.9 Å². The van der Waals surface area contributed by atoms with Gasteiger partial charge in [0.2, 0.25) is 5.28 Å². The van der Waals surface area contributed by atoms with Gasteiger partial charge >= 0.3 is 0 Å². The third kappa shape index (κ3) is 2.89. The fourth-order valence-corrected chi connectivity index (χ4v) is 2.98. The number of halogens is 5. The molecule has 0 aliphatic rings. The predicted molar refractivity (Wildman–Crippen MR) is 87.7 cm³/mol. The van der Waals surface area contributed by atoms with E-state index in [1.807, 2.05) is 0 Å². The number of aromatic amines is 1. The van der Waals surface area contributed by atoms with Crippen LogP contribution in [-0.4, -0.2) is 9.97 Å². The highest BCUT2D eigenvalue weighted by Crippen LogP contribution is 2.41. The lowest BCUT2D eigenvalue weighted by molar-refractivity contribution is 0.488. The van der Waals surface area contributed by atoms with Crippen LogP contribution in [0, 0.1) is 0 Å². The first-order valence-electron chi connectivity index (χ1n) is 5.62. The third-order valence-corrected chi connectivity index (χ3v) is 3.98. The molecule has 3 aromatic rings. The number of benzene rings is 2. The molecule has 0 aliphatic carbocycles. The molecule has 3 nitrogen and oxygen atoms in total. The van der Waals surface area contributed by atoms with Crippen LogP contribution in [0.25, 0.3) is 11.0 Å². The zero-order chi connectivity index (χ0) is 15.1. The van der Waals surface area contributed by atoms with Crippen molar-refractivity contribution in [2.45, 2.75) is 0 Å². The van der Waals surface area contributed by atoms with Crippen LogP contribution in [0.4, 0.5) is 0 Å². The van der Waals surface area contributed by atoms with Crippen molar-refractivity contribution in [2.24, 2.45) is 0 Å². The summed E-state index contributed by atoms with van der Waals surface area (Å²) in [7, 11) is 0. The molecule has 0 radical (unpaired) electrons. The predicted octanol–water partition coefficient (Wildman–Crippen LogP) is 6.62. The molecule has 1 aromatic heterocycles. The molecular formula is C13H5Cl5N2O. The van der Waals surface area contributed by atoms with E-state index in [-0.39, 0.29) is 5.28 Å². The molecule has 0 fully saturated rings. The summed E-state index contributed by atoms with van der Waals surface area (Å²) in [5.74, 6) is 0.733. The number of nitrogens with one attached hydrogen (secondary N) is 1. The van der Waals surface area contributed by atoms with Crippen molar-refractivity contribution in [3.05, 3.63) is 49.6 Å². The molecule has 0 aliphatic heterocycles. The van der Waals surface area contributed by atoms with Gasteiger partial charge in [-0.2, -0.15) is 0 Å². The maximum absolute atomic E-state index is 6.18. The van der Waals surface area contributed by atoms with Crippen LogP contribution in [0.5, 0.6) is 11.5 Å². The number of imidazole rings is 1. The quantitative estimate of drug-likeness (QED) is 0.541. The van der Waals surface area contributed by atoms with Gasteiger partial charge < -0.3 is 9.72 Å². The van der Waals surface area contributed by atoms with Crippen LogP contribution in [0.3, 0.4) is 0 Å². The Morgan fingerprint density at radius 3 is 2.38 bits per heavy atom. The largest absolute Gasteiger partial charge is 0.452 e. The maximum atomic E-state index is 6.18. The summed E-state index contributed by atoms with van der Waals surface area (Å²) in [6.07, 6.45) is 0. The van der Waals surface area contributed by atoms with Gasteiger partial charge in [-0.1, -0.05) is 46.4 Å². The van der Waals surface area contributed by atoms with Gasteiger partial charge in [-0.15, -0.1) is 0 Å². The molecule has 0 atom stereocenters. The molecule has 21 heavy (non-hydrogen) atoms. The number of fused-ring (bicyclic) bond motifs is 1. The molecule has 1 heterocycles. The molecule has 0 spiro atoms. The van der Waals surface area contributed by atoms with Crippen molar-refractivity contribution in [1.29, 1.82) is 0 Å². The lowest BCUT2D eigenvalue weighted by Gasteiger charge is -2.10. The standard InChI is InChI=1S/C13H5Cl5N2O/c14-5-1-2-9(6(15)3-5)21-12-8(17)4-7(16)10-11(12)20-13(18)19-10/h1-4H,(H,19,20). The van der Waals surface area contributed by atoms with Crippen LogP contribution in [0.1, 0.15) is 0 Å². The summed E-state index contributed by atoms with van der Waals surface area (Å²) in [6, 6.07) is 6.39. The molecular weight excluding hydrogens is 377 g/mol. The van der Waals surface area contributed by atoms with E-state index in [9.17, 15) is 0 Å². The lowest BCUT2D eigenvalue weighted by Crippen LogP contribution is -1.89. The summed E-state index contributed by atoms with van der Waals surface area (Å²) in [5.41, 5.74) is 0.953. The highest BCUT2D eigenvalue weighted by atomic mass is 35.5. The van der Waals surface area contributed by atoms with Crippen molar-refractivity contribution >= 4 is 69.0 Å². The SMILES string of the molecule is Clc1ccc(Oc2c(Cl)cc(Cl)c3nc(Cl)[nH]c23)c(Cl)c1. The van der Waals surface area contributed by atoms with Gasteiger partial charge in [0.25, 0.3) is 0 Å². The van der Waals surface area contributed by atoms with Gasteiger partial charge in [0.05, 0.1) is 15.1 Å². The zero-order valence-electron chi connectivity index (χ0n) is 10.1. The minimum Gasteiger partial charge on any atom is -0.452 e. The van der Waals surface area contributed by atoms with E-state index in [1.54, 1.807) is 18.2 Å². The number of hydrogen-bond donors (Lipinski definition) is 1. The third-order valence-electron chi connectivity index (χ3n) is 2.70. The van der Waals surface area contributed by atoms with E-state index in [2.05, 4.69) is 9.97 Å². The Kier molecular flexibility index (Phi) is 4.12. The van der Waals surface area contributed by atoms with Gasteiger partial charge in [0.1, 0.15) is 16.8 Å². The van der Waals surface area contributed by atoms with Gasteiger partial charge in [-0.3, -0.25) is 0 Å². The van der Waals surface area contributed by atoms with Crippen LogP contribution in [-0.2, 0) is 0 Å². The number of H-pyrrole nitrogens is 1. The fourth-order valence-electron chi connectivity index (χ4n) is 1.81. The fraction of sp³-hybridized carbons (Fsp3) is 0. The van der Waals surface area contributed by atoms with Gasteiger partial charge in [0.15, 0.2) is 5.75 Å². The Hall–Kier alpha value is -0.840. The molecule has 0 bridgehead atoms. The van der Waals surface area contributed by atoms with Crippen molar-refractivity contribution in [2.75, 3.05) is 0 Å². The first-order chi connectivity index (χ1) is 9.95. The first-order valence-corrected chi connectivity index (χ1v) is 7.51. The van der Waals surface area contributed by atoms with Gasteiger partial charge in [-0.25, -0.2) is 4.98 Å². The van der Waals surface area contributed by atoms with Crippen LogP contribution in [0.15, 0.2) is 24.3 Å². The first kappa shape index (κ1) is 15.1. The van der Waals surface area contributed by atoms with E-state index in [4.69, 9.17) is 62.7 Å². The maximum Gasteiger partial charge on any atom is 0.201 e. The van der Waals surface area contributed by atoms with Crippen LogP contribution < -0.4 is 4.74 Å². The Labute approximate surface area is 144 Å². The second-order valence-electron chi connectivity index (χ2n) is 4.10. The summed E-state index contributed by atoms with van der Waals surface area (Å²) >= 11 is 30.1.